The first-order valence-electron chi connectivity index (χ1n) is 8.96. The smallest absolute Gasteiger partial charge is 0.356 e. The molecule has 0 aliphatic carbocycles. The van der Waals surface area contributed by atoms with Crippen LogP contribution in [0, 0.1) is 5.82 Å². The fourth-order valence-electron chi connectivity index (χ4n) is 2.94. The van der Waals surface area contributed by atoms with Crippen molar-refractivity contribution in [3.05, 3.63) is 95.9 Å². The number of nitrogens with zero attached hydrogens (tertiary/aromatic N) is 1. The minimum atomic E-state index is -1.16. The van der Waals surface area contributed by atoms with E-state index < -0.39 is 11.8 Å². The number of imidazole rings is 1. The van der Waals surface area contributed by atoms with Crippen LogP contribution in [-0.4, -0.2) is 21.0 Å². The van der Waals surface area contributed by atoms with E-state index in [0.717, 1.165) is 5.56 Å². The number of nitrogens with one attached hydrogen (secondary N) is 1. The summed E-state index contributed by atoms with van der Waals surface area (Å²) in [6.45, 7) is 0.457. The fraction of sp³-hybridized carbons (Fsp3) is 0.0435. The summed E-state index contributed by atoms with van der Waals surface area (Å²) in [7, 11) is 0. The van der Waals surface area contributed by atoms with Crippen molar-refractivity contribution in [3.8, 4) is 28.4 Å². The monoisotopic (exact) mass is 388 g/mol. The minimum Gasteiger partial charge on any atom is -0.489 e. The number of carboxylic acids is 1. The normalized spacial score (nSPS) is 10.7. The molecule has 6 heteroatoms. The van der Waals surface area contributed by atoms with Gasteiger partial charge in [-0.1, -0.05) is 30.3 Å². The maximum absolute atomic E-state index is 13.2. The number of hydrogen-bond acceptors (Lipinski definition) is 3. The second-order valence-corrected chi connectivity index (χ2v) is 6.42. The van der Waals surface area contributed by atoms with Crippen molar-refractivity contribution in [3.63, 3.8) is 0 Å². The lowest BCUT2D eigenvalue weighted by Gasteiger charge is -2.06. The summed E-state index contributed by atoms with van der Waals surface area (Å²) in [4.78, 5) is 18.9. The van der Waals surface area contributed by atoms with Gasteiger partial charge in [0.15, 0.2) is 5.69 Å². The van der Waals surface area contributed by atoms with Crippen LogP contribution in [0.5, 0.6) is 5.75 Å². The summed E-state index contributed by atoms with van der Waals surface area (Å²) in [5.41, 5.74) is 2.55. The van der Waals surface area contributed by atoms with Gasteiger partial charge in [0.2, 0.25) is 0 Å². The van der Waals surface area contributed by atoms with Crippen molar-refractivity contribution in [2.24, 2.45) is 0 Å². The second kappa shape index (κ2) is 7.98. The summed E-state index contributed by atoms with van der Waals surface area (Å²) >= 11 is 0. The molecular formula is C23H17FN2O3. The van der Waals surface area contributed by atoms with Crippen LogP contribution >= 0.6 is 0 Å². The Hall–Kier alpha value is -3.93. The molecule has 4 rings (SSSR count). The van der Waals surface area contributed by atoms with E-state index in [2.05, 4.69) is 9.97 Å². The topological polar surface area (TPSA) is 75.2 Å². The van der Waals surface area contributed by atoms with Crippen molar-refractivity contribution in [2.45, 2.75) is 6.61 Å². The van der Waals surface area contributed by atoms with E-state index in [9.17, 15) is 14.3 Å². The molecule has 0 aliphatic rings. The number of carbonyl (C=O) groups is 1. The van der Waals surface area contributed by atoms with Gasteiger partial charge in [0, 0.05) is 11.1 Å². The predicted molar refractivity (Wildman–Crippen MR) is 107 cm³/mol. The summed E-state index contributed by atoms with van der Waals surface area (Å²) < 4.78 is 19.0. The highest BCUT2D eigenvalue weighted by atomic mass is 19.1. The van der Waals surface area contributed by atoms with Crippen molar-refractivity contribution in [2.75, 3.05) is 0 Å². The molecule has 0 bridgehead atoms. The molecule has 0 unspecified atom stereocenters. The highest BCUT2D eigenvalue weighted by molar-refractivity contribution is 5.94. The van der Waals surface area contributed by atoms with E-state index >= 15 is 0 Å². The number of benzene rings is 3. The third-order valence-electron chi connectivity index (χ3n) is 4.42. The molecule has 5 nitrogen and oxygen atoms in total. The maximum Gasteiger partial charge on any atom is 0.356 e. The zero-order chi connectivity index (χ0) is 20.2. The summed E-state index contributed by atoms with van der Waals surface area (Å²) in [6.07, 6.45) is 0. The van der Waals surface area contributed by atoms with Crippen LogP contribution in [0.25, 0.3) is 22.6 Å². The Morgan fingerprint density at radius 2 is 1.59 bits per heavy atom. The standard InChI is InChI=1S/C23H17FN2O3/c24-18-10-6-16(7-11-18)20-21(23(27)28)26-22(25-20)17-8-12-19(13-9-17)29-14-15-4-2-1-3-5-15/h1-13H,14H2,(H,25,26)(H,27,28). The van der Waals surface area contributed by atoms with Gasteiger partial charge in [-0.2, -0.15) is 0 Å². The lowest BCUT2D eigenvalue weighted by atomic mass is 10.1. The lowest BCUT2D eigenvalue weighted by Crippen LogP contribution is -1.99. The molecule has 0 radical (unpaired) electrons. The Bertz CT molecular complexity index is 1120. The number of halogens is 1. The molecule has 0 saturated carbocycles. The van der Waals surface area contributed by atoms with Gasteiger partial charge in [0.25, 0.3) is 0 Å². The maximum atomic E-state index is 13.2. The van der Waals surface area contributed by atoms with Crippen molar-refractivity contribution < 1.29 is 19.0 Å². The zero-order valence-electron chi connectivity index (χ0n) is 15.3. The van der Waals surface area contributed by atoms with Crippen molar-refractivity contribution in [1.82, 2.24) is 9.97 Å². The average molecular weight is 388 g/mol. The number of ether oxygens (including phenoxy) is 1. The van der Waals surface area contributed by atoms with Crippen LogP contribution in [0.15, 0.2) is 78.9 Å². The number of aromatic amines is 1. The van der Waals surface area contributed by atoms with Crippen LogP contribution < -0.4 is 4.74 Å². The molecule has 4 aromatic rings. The predicted octanol–water partition coefficient (Wildman–Crippen LogP) is 5.16. The molecule has 0 amide bonds. The Balaban J connectivity index is 1.57. The lowest BCUT2D eigenvalue weighted by molar-refractivity contribution is 0.0692. The molecule has 144 valence electrons. The van der Waals surface area contributed by atoms with E-state index in [1.807, 2.05) is 30.3 Å². The van der Waals surface area contributed by atoms with Gasteiger partial charge in [-0.15, -0.1) is 0 Å². The number of hydrogen-bond donors (Lipinski definition) is 2. The van der Waals surface area contributed by atoms with E-state index in [4.69, 9.17) is 4.74 Å². The first-order valence-corrected chi connectivity index (χ1v) is 8.96. The highest BCUT2D eigenvalue weighted by Crippen LogP contribution is 2.27. The Kier molecular flexibility index (Phi) is 5.07. The largest absolute Gasteiger partial charge is 0.489 e. The van der Waals surface area contributed by atoms with E-state index in [0.29, 0.717) is 35.0 Å². The third-order valence-corrected chi connectivity index (χ3v) is 4.42. The first kappa shape index (κ1) is 18.4. The molecule has 2 N–H and O–H groups in total. The molecule has 0 fully saturated rings. The van der Waals surface area contributed by atoms with Crippen LogP contribution in [0.3, 0.4) is 0 Å². The van der Waals surface area contributed by atoms with Crippen LogP contribution in [-0.2, 0) is 6.61 Å². The highest BCUT2D eigenvalue weighted by Gasteiger charge is 2.19. The number of H-pyrrole nitrogens is 1. The molecule has 3 aromatic carbocycles. The van der Waals surface area contributed by atoms with Gasteiger partial charge in [-0.05, 0) is 54.1 Å². The van der Waals surface area contributed by atoms with Gasteiger partial charge >= 0.3 is 5.97 Å². The van der Waals surface area contributed by atoms with Crippen molar-refractivity contribution in [1.29, 1.82) is 0 Å². The molecule has 1 aromatic heterocycles. The second-order valence-electron chi connectivity index (χ2n) is 6.42. The molecular weight excluding hydrogens is 371 g/mol. The third kappa shape index (κ3) is 4.16. The average Bonchev–Trinajstić information content (AvgIpc) is 3.20. The van der Waals surface area contributed by atoms with Crippen LogP contribution in [0.1, 0.15) is 16.1 Å². The Morgan fingerprint density at radius 3 is 2.24 bits per heavy atom. The van der Waals surface area contributed by atoms with E-state index in [-0.39, 0.29) is 5.69 Å². The first-order chi connectivity index (χ1) is 14.1. The molecule has 29 heavy (non-hydrogen) atoms. The van der Waals surface area contributed by atoms with Crippen molar-refractivity contribution >= 4 is 5.97 Å². The van der Waals surface area contributed by atoms with Crippen LogP contribution in [0.2, 0.25) is 0 Å². The number of rotatable bonds is 6. The SMILES string of the molecule is O=C(O)c1nc(-c2ccc(OCc3ccccc3)cc2)[nH]c1-c1ccc(F)cc1. The fourth-order valence-corrected chi connectivity index (χ4v) is 2.94. The minimum absolute atomic E-state index is 0.115. The zero-order valence-corrected chi connectivity index (χ0v) is 15.3. The number of aromatic carboxylic acids is 1. The Morgan fingerprint density at radius 1 is 0.931 bits per heavy atom. The van der Waals surface area contributed by atoms with Gasteiger partial charge in [-0.3, -0.25) is 0 Å². The van der Waals surface area contributed by atoms with Gasteiger partial charge < -0.3 is 14.8 Å². The molecule has 0 atom stereocenters. The molecule has 1 heterocycles. The van der Waals surface area contributed by atoms with E-state index in [1.165, 1.54) is 24.3 Å². The summed E-state index contributed by atoms with van der Waals surface area (Å²) in [5, 5.41) is 9.49. The number of carboxylic acid groups (broad SMARTS) is 1. The Labute approximate surface area is 166 Å². The van der Waals surface area contributed by atoms with Crippen LogP contribution in [0.4, 0.5) is 4.39 Å². The van der Waals surface area contributed by atoms with Gasteiger partial charge in [0.05, 0.1) is 5.69 Å². The summed E-state index contributed by atoms with van der Waals surface area (Å²) in [5.74, 6) is -0.441. The quantitative estimate of drug-likeness (QED) is 0.478. The molecule has 0 spiro atoms. The number of aromatic nitrogens is 2. The van der Waals surface area contributed by atoms with E-state index in [1.54, 1.807) is 24.3 Å². The molecule has 0 saturated heterocycles. The van der Waals surface area contributed by atoms with Gasteiger partial charge in [0.1, 0.15) is 24.0 Å². The summed E-state index contributed by atoms with van der Waals surface area (Å²) in [6, 6.07) is 22.6. The van der Waals surface area contributed by atoms with Gasteiger partial charge in [-0.25, -0.2) is 14.2 Å². The molecule has 0 aliphatic heterocycles.